The van der Waals surface area contributed by atoms with E-state index in [1.54, 1.807) is 18.6 Å². The zero-order valence-corrected chi connectivity index (χ0v) is 9.41. The topological polar surface area (TPSA) is 82.5 Å². The molecule has 0 aromatic carbocycles. The molecule has 0 aliphatic carbocycles. The Labute approximate surface area is 98.6 Å². The summed E-state index contributed by atoms with van der Waals surface area (Å²) in [6, 6.07) is 0. The molecule has 86 valence electrons. The minimum atomic E-state index is 0.185. The highest BCUT2D eigenvalue weighted by atomic mass is 15.1. The Kier molecular flexibility index (Phi) is 2.95. The van der Waals surface area contributed by atoms with E-state index in [1.165, 1.54) is 6.33 Å². The number of anilines is 1. The lowest BCUT2D eigenvalue weighted by Crippen LogP contribution is -2.01. The van der Waals surface area contributed by atoms with E-state index in [2.05, 4.69) is 26.5 Å². The van der Waals surface area contributed by atoms with Gasteiger partial charge in [0.05, 0.1) is 6.33 Å². The first kappa shape index (κ1) is 11.0. The third kappa shape index (κ3) is 2.36. The quantitative estimate of drug-likeness (QED) is 0.796. The summed E-state index contributed by atoms with van der Waals surface area (Å²) in [5, 5.41) is 0. The first-order valence-electron chi connectivity index (χ1n) is 4.98. The van der Waals surface area contributed by atoms with Gasteiger partial charge in [-0.2, -0.15) is 4.98 Å². The van der Waals surface area contributed by atoms with Gasteiger partial charge in [0.25, 0.3) is 0 Å². The fraction of sp³-hybridized carbons (Fsp3) is 0.0909. The molecule has 0 saturated heterocycles. The molecule has 17 heavy (non-hydrogen) atoms. The predicted molar refractivity (Wildman–Crippen MR) is 65.6 cm³/mol. The fourth-order valence-corrected chi connectivity index (χ4v) is 1.31. The normalized spacial score (nSPS) is 11.5. The minimum Gasteiger partial charge on any atom is -0.368 e. The van der Waals surface area contributed by atoms with Crippen LogP contribution in [-0.4, -0.2) is 24.5 Å². The number of nitrogens with zero attached hydrogens (tertiary/aromatic N) is 5. The van der Waals surface area contributed by atoms with E-state index < -0.39 is 0 Å². The van der Waals surface area contributed by atoms with Gasteiger partial charge in [-0.05, 0) is 6.92 Å². The molecule has 2 N–H and O–H groups in total. The van der Waals surface area contributed by atoms with Gasteiger partial charge in [-0.25, -0.2) is 15.0 Å². The molecule has 2 aromatic heterocycles. The van der Waals surface area contributed by atoms with Crippen molar-refractivity contribution in [1.29, 1.82) is 0 Å². The summed E-state index contributed by atoms with van der Waals surface area (Å²) < 4.78 is 1.86. The maximum absolute atomic E-state index is 5.51. The lowest BCUT2D eigenvalue weighted by Gasteiger charge is -2.02. The zero-order valence-electron chi connectivity index (χ0n) is 9.41. The van der Waals surface area contributed by atoms with Gasteiger partial charge >= 0.3 is 0 Å². The van der Waals surface area contributed by atoms with Crippen molar-refractivity contribution < 1.29 is 0 Å². The lowest BCUT2D eigenvalue weighted by molar-refractivity contribution is 1.03. The van der Waals surface area contributed by atoms with Crippen molar-refractivity contribution in [2.75, 3.05) is 5.73 Å². The molecule has 2 rings (SSSR count). The maximum atomic E-state index is 5.51. The van der Waals surface area contributed by atoms with E-state index in [0.717, 1.165) is 11.3 Å². The number of imidazole rings is 1. The van der Waals surface area contributed by atoms with Crippen LogP contribution in [0.25, 0.3) is 11.8 Å². The van der Waals surface area contributed by atoms with Crippen molar-refractivity contribution in [2.45, 2.75) is 6.92 Å². The van der Waals surface area contributed by atoms with Crippen LogP contribution < -0.4 is 5.73 Å². The summed E-state index contributed by atoms with van der Waals surface area (Å²) in [5.41, 5.74) is 7.27. The van der Waals surface area contributed by atoms with Crippen molar-refractivity contribution in [3.63, 3.8) is 0 Å². The summed E-state index contributed by atoms with van der Waals surface area (Å²) in [7, 11) is 0. The van der Waals surface area contributed by atoms with Gasteiger partial charge in [0.1, 0.15) is 6.33 Å². The second-order valence-corrected chi connectivity index (χ2v) is 3.40. The molecule has 0 aliphatic heterocycles. The molecule has 0 bridgehead atoms. The summed E-state index contributed by atoms with van der Waals surface area (Å²) in [6.07, 6.45) is 8.33. The molecule has 0 amide bonds. The molecule has 6 nitrogen and oxygen atoms in total. The van der Waals surface area contributed by atoms with E-state index in [1.807, 2.05) is 17.7 Å². The standard InChI is InChI=1S/C11H12N6/c1-3-9(5-17-7-13-4-8(17)2)10-14-6-15-11(12)16-10/h3-7H,1H2,2H3,(H2,12,14,15,16)/b9-5+. The molecular weight excluding hydrogens is 216 g/mol. The average molecular weight is 228 g/mol. The number of nitrogens with two attached hydrogens (primary N) is 1. The molecule has 2 aromatic rings. The SMILES string of the molecule is C=C/C(=C\n1cncc1C)c1ncnc(N)n1. The minimum absolute atomic E-state index is 0.185. The summed E-state index contributed by atoms with van der Waals surface area (Å²) in [5.74, 6) is 0.672. The summed E-state index contributed by atoms with van der Waals surface area (Å²) >= 11 is 0. The summed E-state index contributed by atoms with van der Waals surface area (Å²) in [4.78, 5) is 15.9. The molecular formula is C11H12N6. The van der Waals surface area contributed by atoms with Crippen LogP contribution in [0.3, 0.4) is 0 Å². The number of aryl methyl sites for hydroxylation is 1. The van der Waals surface area contributed by atoms with E-state index >= 15 is 0 Å². The van der Waals surface area contributed by atoms with Gasteiger partial charge in [0, 0.05) is 23.7 Å². The third-order valence-electron chi connectivity index (χ3n) is 2.21. The molecule has 0 atom stereocenters. The second kappa shape index (κ2) is 4.56. The molecule has 2 heterocycles. The van der Waals surface area contributed by atoms with Crippen LogP contribution in [0.1, 0.15) is 11.5 Å². The van der Waals surface area contributed by atoms with Crippen molar-refractivity contribution >= 4 is 17.7 Å². The number of allylic oxidation sites excluding steroid dienone is 2. The van der Waals surface area contributed by atoms with Gasteiger partial charge in [-0.1, -0.05) is 12.7 Å². The van der Waals surface area contributed by atoms with Gasteiger partial charge in [0.2, 0.25) is 5.95 Å². The van der Waals surface area contributed by atoms with Gasteiger partial charge in [-0.3, -0.25) is 0 Å². The monoisotopic (exact) mass is 228 g/mol. The van der Waals surface area contributed by atoms with Crippen LogP contribution in [0.4, 0.5) is 5.95 Å². The van der Waals surface area contributed by atoms with E-state index in [-0.39, 0.29) is 5.95 Å². The van der Waals surface area contributed by atoms with Crippen LogP contribution in [0.2, 0.25) is 0 Å². The Bertz CT molecular complexity index is 569. The number of hydrogen-bond donors (Lipinski definition) is 1. The second-order valence-electron chi connectivity index (χ2n) is 3.40. The largest absolute Gasteiger partial charge is 0.368 e. The molecule has 0 fully saturated rings. The maximum Gasteiger partial charge on any atom is 0.223 e. The molecule has 0 unspecified atom stereocenters. The number of rotatable bonds is 3. The van der Waals surface area contributed by atoms with Crippen LogP contribution in [0.5, 0.6) is 0 Å². The van der Waals surface area contributed by atoms with Crippen LogP contribution in [-0.2, 0) is 0 Å². The molecule has 0 radical (unpaired) electrons. The Balaban J connectivity index is 2.44. The number of aromatic nitrogens is 5. The number of nitrogen functional groups attached to an aromatic ring is 1. The average Bonchev–Trinajstić information content (AvgIpc) is 2.71. The Morgan fingerprint density at radius 3 is 2.88 bits per heavy atom. The van der Waals surface area contributed by atoms with Gasteiger partial charge in [0.15, 0.2) is 5.82 Å². The van der Waals surface area contributed by atoms with Crippen molar-refractivity contribution in [3.8, 4) is 0 Å². The Morgan fingerprint density at radius 1 is 1.47 bits per heavy atom. The van der Waals surface area contributed by atoms with Gasteiger partial charge in [-0.15, -0.1) is 0 Å². The third-order valence-corrected chi connectivity index (χ3v) is 2.21. The summed E-state index contributed by atoms with van der Waals surface area (Å²) in [6.45, 7) is 5.68. The number of hydrogen-bond acceptors (Lipinski definition) is 5. The lowest BCUT2D eigenvalue weighted by atomic mass is 10.2. The van der Waals surface area contributed by atoms with Crippen LogP contribution in [0.15, 0.2) is 31.5 Å². The molecule has 0 aliphatic rings. The molecule has 0 spiro atoms. The highest BCUT2D eigenvalue weighted by Gasteiger charge is 2.03. The molecule has 6 heteroatoms. The highest BCUT2D eigenvalue weighted by molar-refractivity contribution is 5.79. The van der Waals surface area contributed by atoms with Crippen LogP contribution in [0, 0.1) is 6.92 Å². The van der Waals surface area contributed by atoms with Crippen molar-refractivity contribution in [1.82, 2.24) is 24.5 Å². The Morgan fingerprint density at radius 2 is 2.29 bits per heavy atom. The zero-order chi connectivity index (χ0) is 12.3. The first-order valence-corrected chi connectivity index (χ1v) is 4.98. The first-order chi connectivity index (χ1) is 8.20. The van der Waals surface area contributed by atoms with Gasteiger partial charge < -0.3 is 10.3 Å². The van der Waals surface area contributed by atoms with E-state index in [9.17, 15) is 0 Å². The Hall–Kier alpha value is -2.50. The van der Waals surface area contributed by atoms with Crippen LogP contribution >= 0.6 is 0 Å². The molecule has 0 saturated carbocycles. The fourth-order valence-electron chi connectivity index (χ4n) is 1.31. The van der Waals surface area contributed by atoms with Crippen molar-refractivity contribution in [2.24, 2.45) is 0 Å². The highest BCUT2D eigenvalue weighted by Crippen LogP contribution is 2.13. The predicted octanol–water partition coefficient (Wildman–Crippen LogP) is 1.14. The van der Waals surface area contributed by atoms with Crippen molar-refractivity contribution in [3.05, 3.63) is 43.0 Å². The smallest absolute Gasteiger partial charge is 0.223 e. The van der Waals surface area contributed by atoms with E-state index in [4.69, 9.17) is 5.73 Å². The van der Waals surface area contributed by atoms with E-state index in [0.29, 0.717) is 5.82 Å².